The van der Waals surface area contributed by atoms with Crippen LogP contribution in [0.15, 0.2) is 55.1 Å². The summed E-state index contributed by atoms with van der Waals surface area (Å²) < 4.78 is 7.87. The van der Waals surface area contributed by atoms with Crippen molar-refractivity contribution in [2.45, 2.75) is 18.9 Å². The molecular weight excluding hydrogens is 368 g/mol. The molecule has 0 spiro atoms. The molecule has 1 saturated heterocycles. The lowest BCUT2D eigenvalue weighted by molar-refractivity contribution is 0.0528. The maximum Gasteiger partial charge on any atom is 0.257 e. The summed E-state index contributed by atoms with van der Waals surface area (Å²) in [5.41, 5.74) is 1.51. The number of anilines is 1. The van der Waals surface area contributed by atoms with E-state index in [9.17, 15) is 4.79 Å². The molecule has 150 valence electrons. The second-order valence-corrected chi connectivity index (χ2v) is 7.21. The second-order valence-electron chi connectivity index (χ2n) is 7.21. The van der Waals surface area contributed by atoms with Crippen LogP contribution in [0.25, 0.3) is 5.69 Å². The van der Waals surface area contributed by atoms with Gasteiger partial charge in [0.05, 0.1) is 12.2 Å². The number of hydrogen-bond acceptors (Lipinski definition) is 6. The lowest BCUT2D eigenvalue weighted by Gasteiger charge is -2.33. The van der Waals surface area contributed by atoms with Gasteiger partial charge in [0.25, 0.3) is 11.8 Å². The average molecular weight is 392 g/mol. The molecule has 3 aromatic rings. The number of rotatable bonds is 5. The average Bonchev–Trinajstić information content (AvgIpc) is 3.29. The Hall–Kier alpha value is -3.42. The minimum Gasteiger partial charge on any atom is -0.470 e. The molecule has 4 rings (SSSR count). The molecule has 8 nitrogen and oxygen atoms in total. The molecule has 2 aromatic heterocycles. The molecule has 0 radical (unpaired) electrons. The van der Waals surface area contributed by atoms with Gasteiger partial charge in [0.15, 0.2) is 5.82 Å². The van der Waals surface area contributed by atoms with E-state index in [1.54, 1.807) is 23.3 Å². The van der Waals surface area contributed by atoms with Gasteiger partial charge in [-0.15, -0.1) is 0 Å². The zero-order valence-electron chi connectivity index (χ0n) is 16.6. The van der Waals surface area contributed by atoms with Gasteiger partial charge in [0.2, 0.25) is 0 Å². The van der Waals surface area contributed by atoms with Crippen molar-refractivity contribution in [3.63, 3.8) is 0 Å². The van der Waals surface area contributed by atoms with Crippen LogP contribution in [0.2, 0.25) is 0 Å². The van der Waals surface area contributed by atoms with Crippen LogP contribution in [0, 0.1) is 0 Å². The predicted molar refractivity (Wildman–Crippen MR) is 109 cm³/mol. The van der Waals surface area contributed by atoms with Crippen LogP contribution in [-0.4, -0.2) is 63.8 Å². The highest BCUT2D eigenvalue weighted by atomic mass is 16.5. The largest absolute Gasteiger partial charge is 0.470 e. The maximum atomic E-state index is 13.1. The number of carbonyl (C=O) groups excluding carboxylic acids is 1. The minimum atomic E-state index is -0.114. The number of aromatic nitrogens is 4. The van der Waals surface area contributed by atoms with Crippen LogP contribution in [0.3, 0.4) is 0 Å². The van der Waals surface area contributed by atoms with E-state index in [1.165, 1.54) is 0 Å². The fourth-order valence-corrected chi connectivity index (χ4v) is 3.47. The Kier molecular flexibility index (Phi) is 5.41. The van der Waals surface area contributed by atoms with Gasteiger partial charge in [-0.2, -0.15) is 5.10 Å². The van der Waals surface area contributed by atoms with Gasteiger partial charge in [-0.05, 0) is 37.1 Å². The number of ether oxygens (including phenoxy) is 1. The third-order valence-corrected chi connectivity index (χ3v) is 4.88. The summed E-state index contributed by atoms with van der Waals surface area (Å²) in [7, 11) is 3.81. The van der Waals surface area contributed by atoms with Crippen molar-refractivity contribution in [1.82, 2.24) is 24.6 Å². The van der Waals surface area contributed by atoms with Gasteiger partial charge < -0.3 is 14.5 Å². The standard InChI is InChI=1S/C21H24N6O2/c1-25(2)19-20(23-11-10-22-19)29-18-8-4-12-26(15-18)21(28)16-6-3-7-17(14-16)27-13-5-9-24-27/h3,5-7,9-11,13-14,18H,4,8,12,15H2,1-2H3. The van der Waals surface area contributed by atoms with Crippen LogP contribution < -0.4 is 9.64 Å². The molecule has 1 atom stereocenters. The Bertz CT molecular complexity index is 973. The summed E-state index contributed by atoms with van der Waals surface area (Å²) in [6.45, 7) is 1.24. The van der Waals surface area contributed by atoms with E-state index < -0.39 is 0 Å². The van der Waals surface area contributed by atoms with E-state index in [-0.39, 0.29) is 12.0 Å². The second kappa shape index (κ2) is 8.30. The molecule has 0 N–H and O–H groups in total. The van der Waals surface area contributed by atoms with Crippen molar-refractivity contribution in [1.29, 1.82) is 0 Å². The molecule has 0 bridgehead atoms. The first-order valence-electron chi connectivity index (χ1n) is 9.66. The van der Waals surface area contributed by atoms with Gasteiger partial charge in [0.1, 0.15) is 6.10 Å². The first-order valence-corrected chi connectivity index (χ1v) is 9.66. The Labute approximate surface area is 169 Å². The van der Waals surface area contributed by atoms with Crippen LogP contribution in [-0.2, 0) is 0 Å². The van der Waals surface area contributed by atoms with Crippen molar-refractivity contribution in [3.05, 3.63) is 60.7 Å². The fraction of sp³-hybridized carbons (Fsp3) is 0.333. The van der Waals surface area contributed by atoms with E-state index in [2.05, 4.69) is 15.1 Å². The molecule has 0 saturated carbocycles. The smallest absolute Gasteiger partial charge is 0.257 e. The summed E-state index contributed by atoms with van der Waals surface area (Å²) in [4.78, 5) is 25.5. The normalized spacial score (nSPS) is 16.5. The lowest BCUT2D eigenvalue weighted by Crippen LogP contribution is -2.44. The van der Waals surface area contributed by atoms with Crippen molar-refractivity contribution >= 4 is 11.7 Å². The monoisotopic (exact) mass is 392 g/mol. The van der Waals surface area contributed by atoms with Crippen molar-refractivity contribution in [2.24, 2.45) is 0 Å². The molecule has 1 unspecified atom stereocenters. The first kappa shape index (κ1) is 18.9. The lowest BCUT2D eigenvalue weighted by atomic mass is 10.1. The van der Waals surface area contributed by atoms with Crippen LogP contribution in [0.4, 0.5) is 5.82 Å². The summed E-state index contributed by atoms with van der Waals surface area (Å²) >= 11 is 0. The van der Waals surface area contributed by atoms with Gasteiger partial charge >= 0.3 is 0 Å². The van der Waals surface area contributed by atoms with Crippen molar-refractivity contribution < 1.29 is 9.53 Å². The molecular formula is C21H24N6O2. The van der Waals surface area contributed by atoms with Crippen LogP contribution in [0.5, 0.6) is 5.88 Å². The fourth-order valence-electron chi connectivity index (χ4n) is 3.47. The van der Waals surface area contributed by atoms with Gasteiger partial charge in [-0.25, -0.2) is 14.6 Å². The van der Waals surface area contributed by atoms with Crippen LogP contribution >= 0.6 is 0 Å². The number of carbonyl (C=O) groups is 1. The molecule has 8 heteroatoms. The molecule has 29 heavy (non-hydrogen) atoms. The quantitative estimate of drug-likeness (QED) is 0.664. The number of piperidine rings is 1. The minimum absolute atomic E-state index is 0.000662. The van der Waals surface area contributed by atoms with E-state index in [0.29, 0.717) is 30.4 Å². The van der Waals surface area contributed by atoms with E-state index in [0.717, 1.165) is 18.5 Å². The first-order chi connectivity index (χ1) is 14.1. The number of likely N-dealkylation sites (tertiary alicyclic amines) is 1. The third-order valence-electron chi connectivity index (χ3n) is 4.88. The molecule has 0 aliphatic carbocycles. The Balaban J connectivity index is 1.48. The SMILES string of the molecule is CN(C)c1nccnc1OC1CCCN(C(=O)c2cccc(-n3cccn3)c2)C1. The zero-order chi connectivity index (χ0) is 20.2. The number of nitrogens with zero attached hydrogens (tertiary/aromatic N) is 6. The number of amides is 1. The van der Waals surface area contributed by atoms with Gasteiger partial charge in [-0.3, -0.25) is 4.79 Å². The Morgan fingerprint density at radius 1 is 1.17 bits per heavy atom. The molecule has 1 fully saturated rings. The van der Waals surface area contributed by atoms with Gasteiger partial charge in [0, 0.05) is 51.0 Å². The van der Waals surface area contributed by atoms with E-state index in [1.807, 2.05) is 60.4 Å². The highest BCUT2D eigenvalue weighted by Gasteiger charge is 2.27. The topological polar surface area (TPSA) is 76.4 Å². The zero-order valence-corrected chi connectivity index (χ0v) is 16.6. The van der Waals surface area contributed by atoms with Crippen molar-refractivity contribution in [3.8, 4) is 11.6 Å². The predicted octanol–water partition coefficient (Wildman–Crippen LogP) is 2.41. The molecule has 1 aliphatic heterocycles. The summed E-state index contributed by atoms with van der Waals surface area (Å²) in [6.07, 6.45) is 8.48. The highest BCUT2D eigenvalue weighted by Crippen LogP contribution is 2.25. The summed E-state index contributed by atoms with van der Waals surface area (Å²) in [5.74, 6) is 1.18. The van der Waals surface area contributed by atoms with Crippen LogP contribution in [0.1, 0.15) is 23.2 Å². The summed E-state index contributed by atoms with van der Waals surface area (Å²) in [5, 5.41) is 4.24. The highest BCUT2D eigenvalue weighted by molar-refractivity contribution is 5.94. The third kappa shape index (κ3) is 4.21. The van der Waals surface area contributed by atoms with Crippen molar-refractivity contribution in [2.75, 3.05) is 32.1 Å². The molecule has 1 aliphatic rings. The van der Waals surface area contributed by atoms with E-state index in [4.69, 9.17) is 4.74 Å². The number of benzene rings is 1. The van der Waals surface area contributed by atoms with E-state index >= 15 is 0 Å². The van der Waals surface area contributed by atoms with Gasteiger partial charge in [-0.1, -0.05) is 6.07 Å². The Morgan fingerprint density at radius 3 is 2.83 bits per heavy atom. The molecule has 1 aromatic carbocycles. The number of hydrogen-bond donors (Lipinski definition) is 0. The molecule has 1 amide bonds. The summed E-state index contributed by atoms with van der Waals surface area (Å²) in [6, 6.07) is 9.38. The molecule has 3 heterocycles. The Morgan fingerprint density at radius 2 is 2.03 bits per heavy atom. The maximum absolute atomic E-state index is 13.1.